The summed E-state index contributed by atoms with van der Waals surface area (Å²) in [5.74, 6) is -0.290. The first kappa shape index (κ1) is 18.3. The summed E-state index contributed by atoms with van der Waals surface area (Å²) in [6, 6.07) is 12.0. The lowest BCUT2D eigenvalue weighted by Gasteiger charge is -2.09. The Morgan fingerprint density at radius 2 is 1.71 bits per heavy atom. The van der Waals surface area contributed by atoms with Crippen molar-refractivity contribution in [2.24, 2.45) is 0 Å². The molecule has 0 heterocycles. The van der Waals surface area contributed by atoms with Crippen molar-refractivity contribution in [1.82, 2.24) is 5.32 Å². The van der Waals surface area contributed by atoms with E-state index in [0.717, 1.165) is 0 Å². The molecule has 24 heavy (non-hydrogen) atoms. The molecule has 0 aliphatic carbocycles. The highest BCUT2D eigenvalue weighted by Crippen LogP contribution is 2.18. The molecular weight excluding hydrogens is 352 g/mol. The van der Waals surface area contributed by atoms with Crippen LogP contribution in [-0.4, -0.2) is 34.6 Å². The van der Waals surface area contributed by atoms with Gasteiger partial charge in [0.2, 0.25) is 0 Å². The summed E-state index contributed by atoms with van der Waals surface area (Å²) in [6.45, 7) is 0.788. The third-order valence-corrected chi connectivity index (χ3v) is 4.76. The van der Waals surface area contributed by atoms with Gasteiger partial charge in [0, 0.05) is 29.9 Å². The van der Waals surface area contributed by atoms with Crippen LogP contribution in [0.25, 0.3) is 0 Å². The Morgan fingerprint density at radius 1 is 1.08 bits per heavy atom. The third-order valence-electron chi connectivity index (χ3n) is 3.11. The number of carbonyl (C=O) groups is 1. The molecule has 0 fully saturated rings. The molecule has 1 amide bonds. The number of sulfonamides is 1. The van der Waals surface area contributed by atoms with Crippen molar-refractivity contribution >= 4 is 33.2 Å². The van der Waals surface area contributed by atoms with Crippen molar-refractivity contribution < 1.29 is 17.9 Å². The average Bonchev–Trinajstić information content (AvgIpc) is 2.57. The number of ether oxygens (including phenoxy) is 1. The van der Waals surface area contributed by atoms with E-state index in [-0.39, 0.29) is 10.8 Å². The topological polar surface area (TPSA) is 84.5 Å². The number of rotatable bonds is 7. The molecule has 0 aromatic heterocycles. The van der Waals surface area contributed by atoms with Gasteiger partial charge in [0.15, 0.2) is 0 Å². The number of anilines is 1. The highest BCUT2D eigenvalue weighted by molar-refractivity contribution is 7.92. The van der Waals surface area contributed by atoms with Gasteiger partial charge in [0.05, 0.1) is 11.5 Å². The monoisotopic (exact) mass is 368 g/mol. The minimum atomic E-state index is -3.73. The lowest BCUT2D eigenvalue weighted by atomic mass is 10.2. The van der Waals surface area contributed by atoms with E-state index in [1.165, 1.54) is 24.3 Å². The summed E-state index contributed by atoms with van der Waals surface area (Å²) in [4.78, 5) is 11.9. The number of carbonyl (C=O) groups excluding carboxylic acids is 1. The molecule has 0 bridgehead atoms. The Balaban J connectivity index is 2.08. The van der Waals surface area contributed by atoms with Crippen LogP contribution >= 0.6 is 11.6 Å². The quantitative estimate of drug-likeness (QED) is 0.735. The highest BCUT2D eigenvalue weighted by atomic mass is 35.5. The van der Waals surface area contributed by atoms with E-state index in [2.05, 4.69) is 10.0 Å². The molecule has 128 valence electrons. The Labute approximate surface area is 145 Å². The summed E-state index contributed by atoms with van der Waals surface area (Å²) in [5.41, 5.74) is 0.775. The molecule has 2 aromatic carbocycles. The van der Waals surface area contributed by atoms with Crippen LogP contribution in [0.1, 0.15) is 10.4 Å². The van der Waals surface area contributed by atoms with Gasteiger partial charge in [-0.25, -0.2) is 8.42 Å². The zero-order valence-electron chi connectivity index (χ0n) is 13.0. The van der Waals surface area contributed by atoms with Crippen molar-refractivity contribution in [3.05, 3.63) is 59.1 Å². The molecule has 0 radical (unpaired) electrons. The minimum absolute atomic E-state index is 0.0610. The van der Waals surface area contributed by atoms with E-state index in [0.29, 0.717) is 29.4 Å². The maximum Gasteiger partial charge on any atom is 0.261 e. The predicted octanol–water partition coefficient (Wildman–Crippen LogP) is 2.52. The lowest BCUT2D eigenvalue weighted by molar-refractivity contribution is 0.0937. The minimum Gasteiger partial charge on any atom is -0.383 e. The second-order valence-corrected chi connectivity index (χ2v) is 7.00. The SMILES string of the molecule is COCCNC(=O)c1ccc(S(=O)(=O)Nc2ccc(Cl)cc2)cc1. The zero-order valence-corrected chi connectivity index (χ0v) is 14.5. The van der Waals surface area contributed by atoms with Crippen molar-refractivity contribution in [3.63, 3.8) is 0 Å². The van der Waals surface area contributed by atoms with E-state index in [9.17, 15) is 13.2 Å². The lowest BCUT2D eigenvalue weighted by Crippen LogP contribution is -2.26. The van der Waals surface area contributed by atoms with Crippen LogP contribution in [0.15, 0.2) is 53.4 Å². The molecule has 0 saturated heterocycles. The fourth-order valence-corrected chi connectivity index (χ4v) is 3.07. The Hall–Kier alpha value is -2.09. The van der Waals surface area contributed by atoms with Crippen molar-refractivity contribution in [2.75, 3.05) is 25.0 Å². The van der Waals surface area contributed by atoms with Crippen molar-refractivity contribution in [2.45, 2.75) is 4.90 Å². The van der Waals surface area contributed by atoms with Gasteiger partial charge >= 0.3 is 0 Å². The van der Waals surface area contributed by atoms with Gasteiger partial charge in [-0.15, -0.1) is 0 Å². The van der Waals surface area contributed by atoms with Crippen LogP contribution in [0, 0.1) is 0 Å². The van der Waals surface area contributed by atoms with E-state index in [4.69, 9.17) is 16.3 Å². The molecule has 2 rings (SSSR count). The molecule has 0 saturated carbocycles. The molecule has 2 N–H and O–H groups in total. The van der Waals surface area contributed by atoms with Crippen molar-refractivity contribution in [3.8, 4) is 0 Å². The Bertz CT molecular complexity index is 790. The third kappa shape index (κ3) is 4.95. The number of benzene rings is 2. The highest BCUT2D eigenvalue weighted by Gasteiger charge is 2.15. The van der Waals surface area contributed by atoms with Crippen LogP contribution in [0.5, 0.6) is 0 Å². The average molecular weight is 369 g/mol. The molecule has 0 unspecified atom stereocenters. The van der Waals surface area contributed by atoms with Crippen LogP contribution in [0.2, 0.25) is 5.02 Å². The van der Waals surface area contributed by atoms with Gasteiger partial charge in [-0.1, -0.05) is 11.6 Å². The molecular formula is C16H17ClN2O4S. The van der Waals surface area contributed by atoms with Gasteiger partial charge < -0.3 is 10.1 Å². The van der Waals surface area contributed by atoms with E-state index < -0.39 is 10.0 Å². The van der Waals surface area contributed by atoms with E-state index in [1.54, 1.807) is 31.4 Å². The molecule has 0 aliphatic rings. The van der Waals surface area contributed by atoms with Gasteiger partial charge in [0.1, 0.15) is 0 Å². The Morgan fingerprint density at radius 3 is 2.29 bits per heavy atom. The van der Waals surface area contributed by atoms with E-state index >= 15 is 0 Å². The summed E-state index contributed by atoms with van der Waals surface area (Å²) in [5, 5.41) is 3.18. The first-order valence-electron chi connectivity index (χ1n) is 7.08. The first-order valence-corrected chi connectivity index (χ1v) is 8.94. The molecule has 0 atom stereocenters. The smallest absolute Gasteiger partial charge is 0.261 e. The molecule has 6 nitrogen and oxygen atoms in total. The summed E-state index contributed by atoms with van der Waals surface area (Å²) < 4.78 is 31.9. The first-order chi connectivity index (χ1) is 11.4. The predicted molar refractivity (Wildman–Crippen MR) is 92.9 cm³/mol. The Kier molecular flexibility index (Phi) is 6.19. The normalized spacial score (nSPS) is 11.1. The fourth-order valence-electron chi connectivity index (χ4n) is 1.89. The summed E-state index contributed by atoms with van der Waals surface area (Å²) in [6.07, 6.45) is 0. The number of halogens is 1. The number of hydrogen-bond acceptors (Lipinski definition) is 4. The van der Waals surface area contributed by atoms with Gasteiger partial charge in [0.25, 0.3) is 15.9 Å². The second-order valence-electron chi connectivity index (χ2n) is 4.89. The van der Waals surface area contributed by atoms with Crippen LogP contribution < -0.4 is 10.0 Å². The van der Waals surface area contributed by atoms with Crippen LogP contribution in [0.3, 0.4) is 0 Å². The van der Waals surface area contributed by atoms with Gasteiger partial charge in [-0.2, -0.15) is 0 Å². The number of nitrogens with one attached hydrogen (secondary N) is 2. The summed E-state index contributed by atoms with van der Waals surface area (Å²) >= 11 is 5.77. The second kappa shape index (κ2) is 8.14. The maximum absolute atomic E-state index is 12.3. The number of amides is 1. The molecule has 0 spiro atoms. The van der Waals surface area contributed by atoms with Crippen LogP contribution in [-0.2, 0) is 14.8 Å². The number of methoxy groups -OCH3 is 1. The molecule has 0 aliphatic heterocycles. The molecule has 8 heteroatoms. The summed E-state index contributed by atoms with van der Waals surface area (Å²) in [7, 11) is -2.19. The molecule has 2 aromatic rings. The van der Waals surface area contributed by atoms with Gasteiger partial charge in [-0.3, -0.25) is 9.52 Å². The zero-order chi connectivity index (χ0) is 17.6. The number of hydrogen-bond donors (Lipinski definition) is 2. The maximum atomic E-state index is 12.3. The van der Waals surface area contributed by atoms with Gasteiger partial charge in [-0.05, 0) is 48.5 Å². The largest absolute Gasteiger partial charge is 0.383 e. The van der Waals surface area contributed by atoms with Crippen molar-refractivity contribution in [1.29, 1.82) is 0 Å². The van der Waals surface area contributed by atoms with E-state index in [1.807, 2.05) is 0 Å². The fraction of sp³-hybridized carbons (Fsp3) is 0.188. The van der Waals surface area contributed by atoms with Crippen LogP contribution in [0.4, 0.5) is 5.69 Å². The standard InChI is InChI=1S/C16H17ClN2O4S/c1-23-11-10-18-16(20)12-2-8-15(9-3-12)24(21,22)19-14-6-4-13(17)5-7-14/h2-9,19H,10-11H2,1H3,(H,18,20).